The van der Waals surface area contributed by atoms with Crippen LogP contribution in [0.5, 0.6) is 0 Å². The Bertz CT molecular complexity index is 170. The number of hydrogen-bond donors (Lipinski definition) is 2. The fraction of sp³-hybridized carbons (Fsp3) is 0.889. The summed E-state index contributed by atoms with van der Waals surface area (Å²) in [5.74, 6) is 0. The highest BCUT2D eigenvalue weighted by molar-refractivity contribution is 5.74. The molecule has 1 aliphatic heterocycles. The SMILES string of the molecule is CCCC(N)CCNC1=NCCO1. The van der Waals surface area contributed by atoms with Crippen LogP contribution in [0.4, 0.5) is 0 Å². The van der Waals surface area contributed by atoms with Gasteiger partial charge in [0, 0.05) is 12.6 Å². The molecule has 0 radical (unpaired) electrons. The van der Waals surface area contributed by atoms with Gasteiger partial charge in [-0.1, -0.05) is 13.3 Å². The molecule has 1 heterocycles. The van der Waals surface area contributed by atoms with E-state index in [1.54, 1.807) is 0 Å². The minimum atomic E-state index is 0.305. The summed E-state index contributed by atoms with van der Waals surface area (Å²) in [6.07, 6.45) is 3.23. The van der Waals surface area contributed by atoms with E-state index in [2.05, 4.69) is 17.2 Å². The monoisotopic (exact) mass is 185 g/mol. The van der Waals surface area contributed by atoms with Gasteiger partial charge in [-0.3, -0.25) is 0 Å². The maximum absolute atomic E-state index is 5.85. The van der Waals surface area contributed by atoms with Crippen molar-refractivity contribution in [2.24, 2.45) is 10.7 Å². The van der Waals surface area contributed by atoms with E-state index in [0.717, 1.165) is 32.4 Å². The van der Waals surface area contributed by atoms with Gasteiger partial charge >= 0.3 is 0 Å². The van der Waals surface area contributed by atoms with Gasteiger partial charge in [0.15, 0.2) is 0 Å². The van der Waals surface area contributed by atoms with Crippen LogP contribution in [0.25, 0.3) is 0 Å². The lowest BCUT2D eigenvalue weighted by molar-refractivity contribution is 0.330. The minimum absolute atomic E-state index is 0.305. The predicted molar refractivity (Wildman–Crippen MR) is 53.8 cm³/mol. The Morgan fingerprint density at radius 1 is 1.62 bits per heavy atom. The lowest BCUT2D eigenvalue weighted by Crippen LogP contribution is -2.30. The quantitative estimate of drug-likeness (QED) is 0.655. The lowest BCUT2D eigenvalue weighted by atomic mass is 10.1. The molecule has 13 heavy (non-hydrogen) atoms. The summed E-state index contributed by atoms with van der Waals surface area (Å²) >= 11 is 0. The molecule has 0 spiro atoms. The standard InChI is InChI=1S/C9H19N3O/c1-2-3-8(10)4-5-11-9-12-6-7-13-9/h8H,2-7,10H2,1H3,(H,11,12). The normalized spacial score (nSPS) is 17.8. The summed E-state index contributed by atoms with van der Waals surface area (Å²) in [6, 6.07) is 0.989. The van der Waals surface area contributed by atoms with Crippen LogP contribution in [-0.4, -0.2) is 31.8 Å². The second-order valence-electron chi connectivity index (χ2n) is 3.30. The van der Waals surface area contributed by atoms with Crippen molar-refractivity contribution in [2.45, 2.75) is 32.2 Å². The first-order chi connectivity index (χ1) is 6.33. The number of aliphatic imine (C=N–C) groups is 1. The number of rotatable bonds is 5. The van der Waals surface area contributed by atoms with E-state index in [4.69, 9.17) is 10.5 Å². The lowest BCUT2D eigenvalue weighted by Gasteiger charge is -2.10. The molecule has 0 aromatic carbocycles. The van der Waals surface area contributed by atoms with Gasteiger partial charge in [-0.25, -0.2) is 4.99 Å². The average molecular weight is 185 g/mol. The molecule has 76 valence electrons. The Labute approximate surface area is 79.6 Å². The molecule has 0 aromatic heterocycles. The van der Waals surface area contributed by atoms with Gasteiger partial charge < -0.3 is 15.8 Å². The van der Waals surface area contributed by atoms with Gasteiger partial charge in [0.1, 0.15) is 6.61 Å². The van der Waals surface area contributed by atoms with Crippen LogP contribution in [0, 0.1) is 0 Å². The smallest absolute Gasteiger partial charge is 0.284 e. The van der Waals surface area contributed by atoms with E-state index in [1.165, 1.54) is 0 Å². The van der Waals surface area contributed by atoms with Crippen LogP contribution in [0.2, 0.25) is 0 Å². The molecular weight excluding hydrogens is 166 g/mol. The zero-order valence-electron chi connectivity index (χ0n) is 8.25. The van der Waals surface area contributed by atoms with Crippen molar-refractivity contribution in [3.05, 3.63) is 0 Å². The van der Waals surface area contributed by atoms with E-state index in [0.29, 0.717) is 18.7 Å². The molecule has 0 fully saturated rings. The first-order valence-electron chi connectivity index (χ1n) is 4.99. The second-order valence-corrected chi connectivity index (χ2v) is 3.30. The molecule has 1 atom stereocenters. The number of ether oxygens (including phenoxy) is 1. The van der Waals surface area contributed by atoms with Crippen LogP contribution in [0.1, 0.15) is 26.2 Å². The Hall–Kier alpha value is -0.770. The first-order valence-corrected chi connectivity index (χ1v) is 4.99. The summed E-state index contributed by atoms with van der Waals surface area (Å²) in [4.78, 5) is 4.12. The fourth-order valence-electron chi connectivity index (χ4n) is 1.32. The van der Waals surface area contributed by atoms with E-state index in [-0.39, 0.29) is 0 Å². The summed E-state index contributed by atoms with van der Waals surface area (Å²) in [7, 11) is 0. The third-order valence-corrected chi connectivity index (χ3v) is 2.04. The molecular formula is C9H19N3O. The predicted octanol–water partition coefficient (Wildman–Crippen LogP) is 0.480. The summed E-state index contributed by atoms with van der Waals surface area (Å²) in [6.45, 7) is 4.50. The van der Waals surface area contributed by atoms with E-state index in [9.17, 15) is 0 Å². The molecule has 0 bridgehead atoms. The Kier molecular flexibility index (Phi) is 4.60. The van der Waals surface area contributed by atoms with Crippen LogP contribution in [-0.2, 0) is 4.74 Å². The zero-order valence-corrected chi connectivity index (χ0v) is 8.25. The molecule has 1 aliphatic rings. The van der Waals surface area contributed by atoms with Crippen molar-refractivity contribution in [3.63, 3.8) is 0 Å². The minimum Gasteiger partial charge on any atom is -0.463 e. The first kappa shape index (κ1) is 10.3. The molecule has 4 nitrogen and oxygen atoms in total. The summed E-state index contributed by atoms with van der Waals surface area (Å²) in [5, 5.41) is 3.12. The highest BCUT2D eigenvalue weighted by Gasteiger charge is 2.06. The van der Waals surface area contributed by atoms with Gasteiger partial charge in [0.2, 0.25) is 0 Å². The van der Waals surface area contributed by atoms with E-state index in [1.807, 2.05) is 0 Å². The highest BCUT2D eigenvalue weighted by atomic mass is 16.5. The molecule has 3 N–H and O–H groups in total. The molecule has 0 saturated heterocycles. The highest BCUT2D eigenvalue weighted by Crippen LogP contribution is 1.97. The van der Waals surface area contributed by atoms with Gasteiger partial charge in [-0.05, 0) is 12.8 Å². The molecule has 0 amide bonds. The topological polar surface area (TPSA) is 59.6 Å². The average Bonchev–Trinajstić information content (AvgIpc) is 2.57. The van der Waals surface area contributed by atoms with Crippen LogP contribution >= 0.6 is 0 Å². The Balaban J connectivity index is 1.99. The number of nitrogens with zero attached hydrogens (tertiary/aromatic N) is 1. The number of amidine groups is 1. The zero-order chi connectivity index (χ0) is 9.52. The van der Waals surface area contributed by atoms with Crippen molar-refractivity contribution < 1.29 is 4.74 Å². The Morgan fingerprint density at radius 3 is 3.08 bits per heavy atom. The van der Waals surface area contributed by atoms with E-state index < -0.39 is 0 Å². The van der Waals surface area contributed by atoms with Crippen LogP contribution in [0.15, 0.2) is 4.99 Å². The van der Waals surface area contributed by atoms with Crippen molar-refractivity contribution in [1.29, 1.82) is 0 Å². The second kappa shape index (κ2) is 5.80. The molecule has 1 rings (SSSR count). The maximum Gasteiger partial charge on any atom is 0.284 e. The molecule has 0 aliphatic carbocycles. The third-order valence-electron chi connectivity index (χ3n) is 2.04. The van der Waals surface area contributed by atoms with Gasteiger partial charge in [-0.2, -0.15) is 0 Å². The molecule has 0 aromatic rings. The molecule has 1 unspecified atom stereocenters. The van der Waals surface area contributed by atoms with Gasteiger partial charge in [0.05, 0.1) is 6.54 Å². The van der Waals surface area contributed by atoms with Crippen molar-refractivity contribution in [3.8, 4) is 0 Å². The van der Waals surface area contributed by atoms with Crippen LogP contribution < -0.4 is 11.1 Å². The van der Waals surface area contributed by atoms with Gasteiger partial charge in [0.25, 0.3) is 6.02 Å². The van der Waals surface area contributed by atoms with Crippen molar-refractivity contribution in [2.75, 3.05) is 19.7 Å². The van der Waals surface area contributed by atoms with Crippen molar-refractivity contribution >= 4 is 6.02 Å². The van der Waals surface area contributed by atoms with Crippen LogP contribution in [0.3, 0.4) is 0 Å². The summed E-state index contributed by atoms with van der Waals surface area (Å²) in [5.41, 5.74) is 5.85. The third kappa shape index (κ3) is 4.12. The number of hydrogen-bond acceptors (Lipinski definition) is 4. The number of nitrogens with two attached hydrogens (primary N) is 1. The van der Waals surface area contributed by atoms with Crippen molar-refractivity contribution in [1.82, 2.24) is 5.32 Å². The molecule has 4 heteroatoms. The largest absolute Gasteiger partial charge is 0.463 e. The number of nitrogens with one attached hydrogen (secondary N) is 1. The van der Waals surface area contributed by atoms with E-state index >= 15 is 0 Å². The summed E-state index contributed by atoms with van der Waals surface area (Å²) < 4.78 is 5.19. The maximum atomic E-state index is 5.85. The molecule has 0 saturated carbocycles. The fourth-order valence-corrected chi connectivity index (χ4v) is 1.32. The van der Waals surface area contributed by atoms with Gasteiger partial charge in [-0.15, -0.1) is 0 Å². The Morgan fingerprint density at radius 2 is 2.46 bits per heavy atom.